The van der Waals surface area contributed by atoms with E-state index >= 15 is 0 Å². The Labute approximate surface area is 115 Å². The van der Waals surface area contributed by atoms with Crippen molar-refractivity contribution in [3.63, 3.8) is 0 Å². The van der Waals surface area contributed by atoms with Gasteiger partial charge in [-0.3, -0.25) is 4.79 Å². The lowest BCUT2D eigenvalue weighted by Crippen LogP contribution is -2.20. The number of amides is 1. The number of nitrogens with zero attached hydrogens (tertiary/aromatic N) is 2. The largest absolute Gasteiger partial charge is 0.355 e. The predicted molar refractivity (Wildman–Crippen MR) is 75.6 cm³/mol. The lowest BCUT2D eigenvalue weighted by molar-refractivity contribution is 0.0963. The van der Waals surface area contributed by atoms with Crippen molar-refractivity contribution in [3.8, 4) is 6.07 Å². The van der Waals surface area contributed by atoms with Crippen LogP contribution < -0.4 is 5.32 Å². The number of carbonyl (C=O) groups excluding carboxylic acids is 1. The Hall–Kier alpha value is -1.86. The number of nitrogens with one attached hydrogen (secondary N) is 1. The third-order valence-corrected chi connectivity index (χ3v) is 2.97. The average Bonchev–Trinajstić information content (AvgIpc) is 2.43. The zero-order valence-corrected chi connectivity index (χ0v) is 11.6. The number of hydrogen-bond donors (Lipinski definition) is 1. The maximum Gasteiger partial charge on any atom is 0.251 e. The van der Waals surface area contributed by atoms with Gasteiger partial charge in [0.15, 0.2) is 0 Å². The van der Waals surface area contributed by atoms with E-state index in [0.717, 1.165) is 25.9 Å². The zero-order valence-electron chi connectivity index (χ0n) is 11.6. The molecule has 0 saturated carbocycles. The van der Waals surface area contributed by atoms with Gasteiger partial charge in [0.25, 0.3) is 5.91 Å². The Kier molecular flexibility index (Phi) is 6.62. The highest BCUT2D eigenvalue weighted by molar-refractivity contribution is 5.93. The Morgan fingerprint density at radius 1 is 1.32 bits per heavy atom. The summed E-state index contributed by atoms with van der Waals surface area (Å²) >= 11 is 0. The van der Waals surface area contributed by atoms with E-state index in [1.54, 1.807) is 7.05 Å². The van der Waals surface area contributed by atoms with E-state index in [-0.39, 0.29) is 5.91 Å². The van der Waals surface area contributed by atoms with Gasteiger partial charge in [0.05, 0.1) is 6.07 Å². The zero-order chi connectivity index (χ0) is 14.1. The van der Waals surface area contributed by atoms with Crippen molar-refractivity contribution >= 4 is 5.91 Å². The highest BCUT2D eigenvalue weighted by atomic mass is 16.1. The third-order valence-electron chi connectivity index (χ3n) is 2.97. The maximum atomic E-state index is 11.4. The summed E-state index contributed by atoms with van der Waals surface area (Å²) in [5.74, 6) is -0.0589. The number of rotatable bonds is 7. The number of unbranched alkanes of at least 4 members (excludes halogenated alkanes) is 2. The third kappa shape index (κ3) is 5.54. The molecule has 0 unspecified atom stereocenters. The van der Waals surface area contributed by atoms with Crippen LogP contribution in [0, 0.1) is 11.3 Å². The van der Waals surface area contributed by atoms with Crippen molar-refractivity contribution in [2.24, 2.45) is 0 Å². The van der Waals surface area contributed by atoms with Crippen molar-refractivity contribution in [1.29, 1.82) is 5.26 Å². The average molecular weight is 259 g/mol. The van der Waals surface area contributed by atoms with E-state index < -0.39 is 0 Å². The highest BCUT2D eigenvalue weighted by Gasteiger charge is 2.04. The van der Waals surface area contributed by atoms with Gasteiger partial charge < -0.3 is 10.2 Å². The fraction of sp³-hybridized carbons (Fsp3) is 0.467. The first-order chi connectivity index (χ1) is 9.17. The molecule has 4 nitrogen and oxygen atoms in total. The lowest BCUT2D eigenvalue weighted by atomic mass is 10.1. The molecule has 0 atom stereocenters. The van der Waals surface area contributed by atoms with Crippen LogP contribution in [0.25, 0.3) is 0 Å². The Morgan fingerprint density at radius 3 is 2.58 bits per heavy atom. The van der Waals surface area contributed by atoms with Gasteiger partial charge in [-0.1, -0.05) is 12.1 Å². The number of carbonyl (C=O) groups is 1. The van der Waals surface area contributed by atoms with Crippen molar-refractivity contribution in [3.05, 3.63) is 35.4 Å². The van der Waals surface area contributed by atoms with Crippen LogP contribution in [0.1, 0.15) is 35.2 Å². The molecule has 0 aliphatic heterocycles. The molecular formula is C15H21N3O. The smallest absolute Gasteiger partial charge is 0.251 e. The van der Waals surface area contributed by atoms with Gasteiger partial charge >= 0.3 is 0 Å². The molecule has 0 bridgehead atoms. The maximum absolute atomic E-state index is 11.4. The molecule has 0 spiro atoms. The molecule has 0 radical (unpaired) electrons. The summed E-state index contributed by atoms with van der Waals surface area (Å²) in [6.45, 7) is 1.85. The van der Waals surface area contributed by atoms with Crippen molar-refractivity contribution in [2.75, 3.05) is 20.6 Å². The van der Waals surface area contributed by atoms with Crippen LogP contribution >= 0.6 is 0 Å². The van der Waals surface area contributed by atoms with Gasteiger partial charge in [0.2, 0.25) is 0 Å². The lowest BCUT2D eigenvalue weighted by Gasteiger charge is -2.16. The molecule has 4 heteroatoms. The van der Waals surface area contributed by atoms with E-state index in [4.69, 9.17) is 5.26 Å². The van der Waals surface area contributed by atoms with Gasteiger partial charge in [-0.05, 0) is 44.1 Å². The molecule has 19 heavy (non-hydrogen) atoms. The molecule has 0 heterocycles. The standard InChI is InChI=1S/C15H21N3O/c1-17-15(19)14-8-6-13(7-9-14)12-18(2)11-5-3-4-10-16/h6-9H,3-5,11-12H2,1-2H3,(H,17,19). The second-order valence-corrected chi connectivity index (χ2v) is 4.63. The molecule has 0 fully saturated rings. The second-order valence-electron chi connectivity index (χ2n) is 4.63. The van der Waals surface area contributed by atoms with Crippen LogP contribution in [0.4, 0.5) is 0 Å². The van der Waals surface area contributed by atoms with Crippen LogP contribution in [0.2, 0.25) is 0 Å². The fourth-order valence-corrected chi connectivity index (χ4v) is 1.88. The summed E-state index contributed by atoms with van der Waals surface area (Å²) in [7, 11) is 3.70. The molecule has 1 amide bonds. The van der Waals surface area contributed by atoms with Gasteiger partial charge in [-0.2, -0.15) is 5.26 Å². The van der Waals surface area contributed by atoms with Gasteiger partial charge in [0.1, 0.15) is 0 Å². The van der Waals surface area contributed by atoms with Crippen LogP contribution in [0.15, 0.2) is 24.3 Å². The quantitative estimate of drug-likeness (QED) is 0.763. The van der Waals surface area contributed by atoms with Gasteiger partial charge in [0, 0.05) is 25.6 Å². The minimum atomic E-state index is -0.0589. The SMILES string of the molecule is CNC(=O)c1ccc(CN(C)CCCCC#N)cc1. The summed E-state index contributed by atoms with van der Waals surface area (Å²) < 4.78 is 0. The molecule has 1 rings (SSSR count). The summed E-state index contributed by atoms with van der Waals surface area (Å²) in [6.07, 6.45) is 2.63. The molecule has 1 aromatic carbocycles. The first-order valence-electron chi connectivity index (χ1n) is 6.54. The first-order valence-corrected chi connectivity index (χ1v) is 6.54. The Bertz CT molecular complexity index is 434. The molecule has 0 aliphatic carbocycles. The van der Waals surface area contributed by atoms with E-state index in [9.17, 15) is 4.79 Å². The van der Waals surface area contributed by atoms with Gasteiger partial charge in [-0.15, -0.1) is 0 Å². The van der Waals surface area contributed by atoms with E-state index in [1.165, 1.54) is 5.56 Å². The number of benzene rings is 1. The number of hydrogen-bond acceptors (Lipinski definition) is 3. The molecule has 102 valence electrons. The predicted octanol–water partition coefficient (Wildman–Crippen LogP) is 2.17. The molecule has 1 aromatic rings. The summed E-state index contributed by atoms with van der Waals surface area (Å²) in [6, 6.07) is 9.81. The molecule has 0 aliphatic rings. The monoisotopic (exact) mass is 259 g/mol. The first kappa shape index (κ1) is 15.2. The van der Waals surface area contributed by atoms with Crippen LogP contribution in [0.3, 0.4) is 0 Å². The topological polar surface area (TPSA) is 56.1 Å². The van der Waals surface area contributed by atoms with E-state index in [1.807, 2.05) is 24.3 Å². The number of nitriles is 1. The van der Waals surface area contributed by atoms with Crippen LogP contribution in [-0.2, 0) is 6.54 Å². The summed E-state index contributed by atoms with van der Waals surface area (Å²) in [4.78, 5) is 13.6. The Balaban J connectivity index is 2.40. The summed E-state index contributed by atoms with van der Waals surface area (Å²) in [5, 5.41) is 11.1. The second kappa shape index (κ2) is 8.28. The molecule has 1 N–H and O–H groups in total. The summed E-state index contributed by atoms with van der Waals surface area (Å²) in [5.41, 5.74) is 1.87. The van der Waals surface area contributed by atoms with E-state index in [0.29, 0.717) is 12.0 Å². The van der Waals surface area contributed by atoms with Crippen LogP contribution in [-0.4, -0.2) is 31.4 Å². The molecule has 0 aromatic heterocycles. The minimum Gasteiger partial charge on any atom is -0.355 e. The van der Waals surface area contributed by atoms with Crippen molar-refractivity contribution < 1.29 is 4.79 Å². The minimum absolute atomic E-state index is 0.0589. The van der Waals surface area contributed by atoms with Gasteiger partial charge in [-0.25, -0.2) is 0 Å². The Morgan fingerprint density at radius 2 is 2.00 bits per heavy atom. The highest BCUT2D eigenvalue weighted by Crippen LogP contribution is 2.07. The van der Waals surface area contributed by atoms with Crippen molar-refractivity contribution in [2.45, 2.75) is 25.8 Å². The normalized spacial score (nSPS) is 10.2. The van der Waals surface area contributed by atoms with Crippen LogP contribution in [0.5, 0.6) is 0 Å². The molecular weight excluding hydrogens is 238 g/mol. The molecule has 0 saturated heterocycles. The fourth-order valence-electron chi connectivity index (χ4n) is 1.88. The van der Waals surface area contributed by atoms with E-state index in [2.05, 4.69) is 23.3 Å². The van der Waals surface area contributed by atoms with Crippen molar-refractivity contribution in [1.82, 2.24) is 10.2 Å².